The third kappa shape index (κ3) is 15.4. The standard InChI is InChI=1S/C65H73Cl2N9O24/c1-22(2)11-33(68)57(87)75-48-50(82)25-6-9-37(31(66)13-25)96-39-15-27-16-40(54(39)100-64-55(53(85)52(84)41(21-77)98-64)99-43-20-65(4,70)56(86)23(3)95-43)97-38-10-7-26(14-32(38)67)51(83)49-62(92)74-47(63(93)94)30-17-28(78)18-36(80)44(30)29-12-24(5-8-35(29)79)45(59(89)76-49)73-60(90)46(27)72-58(88)34(19-42(69)81)71-61(48)91/h5-10,12-18,22-23,33-34,41,43,45-53,55-56,64,77-80,82-86H,11,19-21,68,70H2,1-4H3,(H2,69,81)(H,71,91)(H,72,88)(H,73,90)(H,74,92)(H,75,87)(H,76,89)(H,93,94)/t23-,33+,34-,41+,43-,45+,46+,47-,48+,49-,50+,51+,52+,53-,55+,56+,64-,65-/m0/s1. The highest BCUT2D eigenvalue weighted by Crippen LogP contribution is 2.50. The van der Waals surface area contributed by atoms with Gasteiger partial charge in [-0.3, -0.25) is 33.6 Å². The molecule has 7 amide bonds. The highest BCUT2D eigenvalue weighted by atomic mass is 35.5. The van der Waals surface area contributed by atoms with Gasteiger partial charge in [-0.2, -0.15) is 0 Å². The number of carboxylic acid groups (broad SMARTS) is 1. The Kier molecular flexibility index (Phi) is 21.7. The Hall–Kier alpha value is -9.20. The smallest absolute Gasteiger partial charge is 0.330 e. The maximum Gasteiger partial charge on any atom is 0.330 e. The summed E-state index contributed by atoms with van der Waals surface area (Å²) in [6.07, 6.45) is -18.8. The molecule has 536 valence electrons. The predicted molar refractivity (Wildman–Crippen MR) is 344 cm³/mol. The minimum atomic E-state index is -2.35. The number of hydrogen-bond donors (Lipinski definition) is 19. The highest BCUT2D eigenvalue weighted by molar-refractivity contribution is 6.32. The molecule has 18 atom stereocenters. The summed E-state index contributed by atoms with van der Waals surface area (Å²) in [5.74, 6) is -16.3. The molecule has 7 aliphatic heterocycles. The van der Waals surface area contributed by atoms with Crippen LogP contribution >= 0.6 is 23.2 Å². The van der Waals surface area contributed by atoms with E-state index in [1.807, 2.05) is 0 Å². The fourth-order valence-electron chi connectivity index (χ4n) is 12.3. The van der Waals surface area contributed by atoms with Crippen LogP contribution in [0, 0.1) is 5.92 Å². The summed E-state index contributed by atoms with van der Waals surface area (Å²) in [7, 11) is 0. The van der Waals surface area contributed by atoms with E-state index in [1.165, 1.54) is 26.0 Å². The van der Waals surface area contributed by atoms with Crippen LogP contribution in [0.5, 0.6) is 46.0 Å². The number of aliphatic hydroxyl groups is 6. The quantitative estimate of drug-likeness (QED) is 0.0772. The number of aliphatic hydroxyl groups excluding tert-OH is 6. The molecule has 35 heteroatoms. The van der Waals surface area contributed by atoms with Crippen molar-refractivity contribution < 1.29 is 118 Å². The van der Waals surface area contributed by atoms with Gasteiger partial charge in [0.25, 0.3) is 0 Å². The van der Waals surface area contributed by atoms with Gasteiger partial charge in [0.2, 0.25) is 53.4 Å². The first-order valence-corrected chi connectivity index (χ1v) is 31.9. The number of benzene rings is 5. The van der Waals surface area contributed by atoms with E-state index in [0.29, 0.717) is 0 Å². The number of phenolic OH excluding ortho intramolecular Hbond substituents is 3. The van der Waals surface area contributed by atoms with Gasteiger partial charge >= 0.3 is 5.97 Å². The number of nitrogens with two attached hydrogens (primary N) is 3. The lowest BCUT2D eigenvalue weighted by Crippen LogP contribution is -2.64. The maximum absolute atomic E-state index is 16.0. The van der Waals surface area contributed by atoms with E-state index in [-0.39, 0.29) is 46.2 Å². The maximum atomic E-state index is 16.0. The van der Waals surface area contributed by atoms with Crippen molar-refractivity contribution in [3.8, 4) is 57.1 Å². The molecule has 5 aromatic rings. The Balaban J connectivity index is 1.24. The van der Waals surface area contributed by atoms with E-state index in [1.54, 1.807) is 13.8 Å². The van der Waals surface area contributed by atoms with Crippen LogP contribution in [0.1, 0.15) is 105 Å². The Morgan fingerprint density at radius 1 is 0.710 bits per heavy atom. The molecule has 11 bridgehead atoms. The van der Waals surface area contributed by atoms with Crippen molar-refractivity contribution >= 4 is 70.5 Å². The number of aromatic hydroxyl groups is 3. The van der Waals surface area contributed by atoms with E-state index in [9.17, 15) is 75.0 Å². The van der Waals surface area contributed by atoms with E-state index < -0.39 is 237 Å². The molecule has 22 N–H and O–H groups in total. The van der Waals surface area contributed by atoms with Crippen molar-refractivity contribution in [2.24, 2.45) is 23.1 Å². The van der Waals surface area contributed by atoms with Crippen LogP contribution in [0.25, 0.3) is 11.1 Å². The summed E-state index contributed by atoms with van der Waals surface area (Å²) in [4.78, 5) is 116. The molecule has 0 saturated carbocycles. The molecule has 5 aromatic carbocycles. The summed E-state index contributed by atoms with van der Waals surface area (Å²) in [6, 6.07) is -1.18. The summed E-state index contributed by atoms with van der Waals surface area (Å²) in [6.45, 7) is 5.53. The number of primary amides is 1. The number of carbonyl (C=O) groups excluding carboxylic acids is 7. The number of rotatable bonds is 12. The van der Waals surface area contributed by atoms with Gasteiger partial charge in [0.15, 0.2) is 29.9 Å². The number of carbonyl (C=O) groups is 8. The average Bonchev–Trinajstić information content (AvgIpc) is 0.768. The normalized spacial score (nSPS) is 29.6. The Morgan fingerprint density at radius 3 is 1.90 bits per heavy atom. The second-order valence-electron chi connectivity index (χ2n) is 25.5. The van der Waals surface area contributed by atoms with Gasteiger partial charge < -0.3 is 129 Å². The summed E-state index contributed by atoms with van der Waals surface area (Å²) >= 11 is 14.1. The number of fused-ring (bicyclic) bond motifs is 15. The summed E-state index contributed by atoms with van der Waals surface area (Å²) < 4.78 is 38.2. The van der Waals surface area contributed by atoms with Crippen LogP contribution in [0.2, 0.25) is 10.0 Å². The number of carboxylic acids is 1. The number of amides is 7. The van der Waals surface area contributed by atoms with E-state index in [0.717, 1.165) is 66.7 Å². The van der Waals surface area contributed by atoms with Crippen LogP contribution in [-0.2, 0) is 52.6 Å². The molecule has 0 aliphatic carbocycles. The fraction of sp³-hybridized carbons (Fsp3) is 0.415. The third-order valence-corrected chi connectivity index (χ3v) is 18.1. The van der Waals surface area contributed by atoms with Crippen molar-refractivity contribution in [2.75, 3.05) is 6.61 Å². The van der Waals surface area contributed by atoms with Gasteiger partial charge in [0.05, 0.1) is 41.3 Å². The lowest BCUT2D eigenvalue weighted by Gasteiger charge is -2.47. The summed E-state index contributed by atoms with van der Waals surface area (Å²) in [5.41, 5.74) is 14.1. The number of aliphatic carboxylic acids is 1. The highest BCUT2D eigenvalue weighted by Gasteiger charge is 2.51. The third-order valence-electron chi connectivity index (χ3n) is 17.5. The van der Waals surface area contributed by atoms with Crippen LogP contribution in [0.4, 0.5) is 0 Å². The van der Waals surface area contributed by atoms with Crippen molar-refractivity contribution in [2.45, 2.75) is 156 Å². The summed E-state index contributed by atoms with van der Waals surface area (Å²) in [5, 5.41) is 127. The topological polar surface area (TPSA) is 544 Å². The van der Waals surface area contributed by atoms with Crippen molar-refractivity contribution in [3.05, 3.63) is 117 Å². The molecule has 12 rings (SSSR count). The molecule has 2 fully saturated rings. The van der Waals surface area contributed by atoms with Gasteiger partial charge in [-0.25, -0.2) is 4.79 Å². The molecular formula is C65H73Cl2N9O24. The molecule has 7 aliphatic rings. The van der Waals surface area contributed by atoms with Crippen LogP contribution in [0.15, 0.2) is 78.9 Å². The van der Waals surface area contributed by atoms with Gasteiger partial charge in [-0.05, 0) is 103 Å². The monoisotopic (exact) mass is 1430 g/mol. The van der Waals surface area contributed by atoms with Crippen LogP contribution in [0.3, 0.4) is 0 Å². The number of ether oxygens (including phenoxy) is 6. The van der Waals surface area contributed by atoms with Gasteiger partial charge in [0.1, 0.15) is 89.5 Å². The second kappa shape index (κ2) is 29.6. The van der Waals surface area contributed by atoms with Crippen molar-refractivity contribution in [1.82, 2.24) is 31.9 Å². The number of halogens is 2. The zero-order valence-corrected chi connectivity index (χ0v) is 54.9. The zero-order valence-electron chi connectivity index (χ0n) is 53.4. The largest absolute Gasteiger partial charge is 0.508 e. The molecule has 0 unspecified atom stereocenters. The first kappa shape index (κ1) is 73.5. The van der Waals surface area contributed by atoms with Gasteiger partial charge in [-0.15, -0.1) is 0 Å². The second-order valence-corrected chi connectivity index (χ2v) is 26.3. The van der Waals surface area contributed by atoms with E-state index >= 15 is 14.4 Å². The lowest BCUT2D eigenvalue weighted by atomic mass is 9.86. The first-order chi connectivity index (χ1) is 47.1. The molecule has 2 saturated heterocycles. The Morgan fingerprint density at radius 2 is 1.31 bits per heavy atom. The first-order valence-electron chi connectivity index (χ1n) is 31.2. The fourth-order valence-corrected chi connectivity index (χ4v) is 12.7. The number of nitrogens with one attached hydrogen (secondary N) is 6. The lowest BCUT2D eigenvalue weighted by molar-refractivity contribution is -0.333. The van der Waals surface area contributed by atoms with Gasteiger partial charge in [-0.1, -0.05) is 55.2 Å². The minimum Gasteiger partial charge on any atom is -0.508 e. The average molecular weight is 1440 g/mol. The molecule has 0 spiro atoms. The molecule has 0 aromatic heterocycles. The number of hydrogen-bond acceptors (Lipinski definition) is 25. The van der Waals surface area contributed by atoms with E-state index in [2.05, 4.69) is 31.9 Å². The van der Waals surface area contributed by atoms with Crippen molar-refractivity contribution in [3.63, 3.8) is 0 Å². The number of phenols is 3. The minimum absolute atomic E-state index is 0.0742. The molecule has 0 radical (unpaired) electrons. The van der Waals surface area contributed by atoms with Crippen LogP contribution in [-0.4, -0.2) is 184 Å². The Bertz CT molecular complexity index is 4060. The molecule has 7 heterocycles. The van der Waals surface area contributed by atoms with Crippen molar-refractivity contribution in [1.29, 1.82) is 0 Å². The van der Waals surface area contributed by atoms with Gasteiger partial charge in [0, 0.05) is 34.7 Å². The predicted octanol–water partition coefficient (Wildman–Crippen LogP) is -0.154. The molecule has 33 nitrogen and oxygen atoms in total. The SMILES string of the molecule is CC(C)C[C@@H](N)C(=O)N[C@H]1C(=O)N[C@@H](CC(N)=O)C(=O)N[C@H]2C(=O)N[C@H]3C(=O)N[C@H](C(=O)N[C@H](C(=O)O)c4cc(O)cc(O)c4-c4cc3ccc4O)[C@H](O)c3ccc(c(Cl)c3)Oc3cc2cc(c3O[C@@H]2O[C@H](CO)[C@@H](O)[C@H](O)[C@H]2O[C@H]2C[C@](C)(N)[C@H](O)[C@H](C)O2)Oc2ccc(cc2Cl)[C@H]1O. The zero-order chi connectivity index (χ0) is 72.8. The molecular weight excluding hydrogens is 1360 g/mol. The van der Waals surface area contributed by atoms with Crippen LogP contribution < -0.4 is 63.3 Å². The Labute approximate surface area is 577 Å². The molecule has 100 heavy (non-hydrogen) atoms. The van der Waals surface area contributed by atoms with E-state index in [4.69, 9.17) is 68.8 Å².